The minimum Gasteiger partial charge on any atom is -0.101 e. The van der Waals surface area contributed by atoms with Crippen molar-refractivity contribution in [3.63, 3.8) is 0 Å². The molecule has 0 fully saturated rings. The quantitative estimate of drug-likeness (QED) is 0.166. The number of unbranched alkanes of at least 4 members (excludes halogenated alkanes) is 7. The topological polar surface area (TPSA) is 0 Å². The number of rotatable bonds is 18. The summed E-state index contributed by atoms with van der Waals surface area (Å²) in [6.45, 7) is 14.6. The summed E-state index contributed by atoms with van der Waals surface area (Å²) >= 11 is 0. The summed E-state index contributed by atoms with van der Waals surface area (Å²) in [6.07, 6.45) is 21.7. The summed E-state index contributed by atoms with van der Waals surface area (Å²) in [4.78, 5) is 0. The zero-order chi connectivity index (χ0) is 18.9. The Labute approximate surface area is 163 Å². The van der Waals surface area contributed by atoms with Crippen LogP contribution in [0.1, 0.15) is 131 Å². The van der Waals surface area contributed by atoms with Crippen molar-refractivity contribution in [1.82, 2.24) is 0 Å². The zero-order valence-corrected chi connectivity index (χ0v) is 19.7. The van der Waals surface area contributed by atoms with Crippen molar-refractivity contribution in [2.45, 2.75) is 143 Å². The summed E-state index contributed by atoms with van der Waals surface area (Å²) < 4.78 is 0. The highest BCUT2D eigenvalue weighted by Gasteiger charge is 2.25. The lowest BCUT2D eigenvalue weighted by atomic mass is 10.0. The van der Waals surface area contributed by atoms with Crippen LogP contribution in [-0.2, 0) is 0 Å². The van der Waals surface area contributed by atoms with E-state index in [0.29, 0.717) is 0 Å². The van der Waals surface area contributed by atoms with Crippen molar-refractivity contribution >= 4 is 7.92 Å². The predicted octanol–water partition coefficient (Wildman–Crippen LogP) is 9.40. The lowest BCUT2D eigenvalue weighted by Gasteiger charge is -2.34. The summed E-state index contributed by atoms with van der Waals surface area (Å²) in [6, 6.07) is 0. The normalized spacial score (nSPS) is 16.6. The van der Waals surface area contributed by atoms with Crippen molar-refractivity contribution < 1.29 is 0 Å². The van der Waals surface area contributed by atoms with Gasteiger partial charge in [-0.15, -0.1) is 7.92 Å². The van der Waals surface area contributed by atoms with Crippen molar-refractivity contribution in [3.05, 3.63) is 0 Å². The third-order valence-corrected chi connectivity index (χ3v) is 9.81. The van der Waals surface area contributed by atoms with Crippen LogP contribution in [0.2, 0.25) is 0 Å². The SMILES string of the molecule is CCCCCCC(C)P(CC(CC)CCCC)C(C)CCCCCC. The second-order valence-electron chi connectivity index (χ2n) is 8.51. The zero-order valence-electron chi connectivity index (χ0n) is 18.8. The Hall–Kier alpha value is 0.430. The van der Waals surface area contributed by atoms with Gasteiger partial charge in [0.2, 0.25) is 0 Å². The van der Waals surface area contributed by atoms with Crippen molar-refractivity contribution in [2.24, 2.45) is 5.92 Å². The monoisotopic (exact) mass is 370 g/mol. The Morgan fingerprint density at radius 2 is 1.04 bits per heavy atom. The van der Waals surface area contributed by atoms with Gasteiger partial charge in [0.25, 0.3) is 0 Å². The molecular weight excluding hydrogens is 319 g/mol. The summed E-state index contributed by atoms with van der Waals surface area (Å²) in [7, 11) is 0.213. The van der Waals surface area contributed by atoms with Crippen LogP contribution in [0, 0.1) is 5.92 Å². The van der Waals surface area contributed by atoms with E-state index in [-0.39, 0.29) is 7.92 Å². The first kappa shape index (κ1) is 25.4. The van der Waals surface area contributed by atoms with Crippen molar-refractivity contribution in [2.75, 3.05) is 6.16 Å². The predicted molar refractivity (Wildman–Crippen MR) is 122 cm³/mol. The molecule has 0 N–H and O–H groups in total. The fourth-order valence-electron chi connectivity index (χ4n) is 4.07. The molecule has 0 radical (unpaired) electrons. The fourth-order valence-corrected chi connectivity index (χ4v) is 7.73. The first-order chi connectivity index (χ1) is 12.1. The highest BCUT2D eigenvalue weighted by Crippen LogP contribution is 2.52. The minimum atomic E-state index is 0.213. The van der Waals surface area contributed by atoms with Gasteiger partial charge >= 0.3 is 0 Å². The van der Waals surface area contributed by atoms with E-state index in [2.05, 4.69) is 41.5 Å². The van der Waals surface area contributed by atoms with Crippen molar-refractivity contribution in [3.8, 4) is 0 Å². The van der Waals surface area contributed by atoms with Gasteiger partial charge in [-0.2, -0.15) is 0 Å². The van der Waals surface area contributed by atoms with Crippen molar-refractivity contribution in [1.29, 1.82) is 0 Å². The Kier molecular flexibility index (Phi) is 18.1. The van der Waals surface area contributed by atoms with E-state index in [1.807, 2.05) is 0 Å². The largest absolute Gasteiger partial charge is 0.101 e. The molecule has 3 atom stereocenters. The average Bonchev–Trinajstić information content (AvgIpc) is 2.62. The van der Waals surface area contributed by atoms with Crippen LogP contribution < -0.4 is 0 Å². The first-order valence-electron chi connectivity index (χ1n) is 11.9. The van der Waals surface area contributed by atoms with Gasteiger partial charge < -0.3 is 0 Å². The maximum atomic E-state index is 2.60. The van der Waals surface area contributed by atoms with Gasteiger partial charge in [0.15, 0.2) is 0 Å². The fraction of sp³-hybridized carbons (Fsp3) is 1.00. The van der Waals surface area contributed by atoms with Gasteiger partial charge in [-0.3, -0.25) is 0 Å². The van der Waals surface area contributed by atoms with Gasteiger partial charge in [-0.05, 0) is 36.2 Å². The molecule has 0 aliphatic heterocycles. The van der Waals surface area contributed by atoms with Gasteiger partial charge in [0.1, 0.15) is 0 Å². The molecule has 3 unspecified atom stereocenters. The van der Waals surface area contributed by atoms with Gasteiger partial charge in [-0.1, -0.05) is 119 Å². The molecule has 152 valence electrons. The molecule has 1 heteroatoms. The Morgan fingerprint density at radius 3 is 1.44 bits per heavy atom. The average molecular weight is 371 g/mol. The van der Waals surface area contributed by atoms with Crippen LogP contribution in [0.3, 0.4) is 0 Å². The summed E-state index contributed by atoms with van der Waals surface area (Å²) in [5.74, 6) is 1.00. The molecular formula is C24H51P. The summed E-state index contributed by atoms with van der Waals surface area (Å²) in [5, 5.41) is 0. The molecule has 0 saturated heterocycles. The Bertz CT molecular complexity index is 245. The molecule has 0 amide bonds. The maximum Gasteiger partial charge on any atom is -0.0235 e. The van der Waals surface area contributed by atoms with Gasteiger partial charge in [0, 0.05) is 0 Å². The van der Waals surface area contributed by atoms with E-state index < -0.39 is 0 Å². The second kappa shape index (κ2) is 17.8. The molecule has 0 bridgehead atoms. The van der Waals surface area contributed by atoms with Crippen LogP contribution in [0.15, 0.2) is 0 Å². The molecule has 0 saturated carbocycles. The molecule has 0 aliphatic rings. The maximum absolute atomic E-state index is 2.60. The highest BCUT2D eigenvalue weighted by molar-refractivity contribution is 7.59. The van der Waals surface area contributed by atoms with Crippen LogP contribution in [0.5, 0.6) is 0 Å². The number of hydrogen-bond donors (Lipinski definition) is 0. The molecule has 25 heavy (non-hydrogen) atoms. The van der Waals surface area contributed by atoms with E-state index in [1.54, 1.807) is 6.16 Å². The van der Waals surface area contributed by atoms with E-state index in [9.17, 15) is 0 Å². The van der Waals surface area contributed by atoms with Crippen LogP contribution >= 0.6 is 7.92 Å². The molecule has 0 aromatic heterocycles. The molecule has 0 aromatic carbocycles. The van der Waals surface area contributed by atoms with Gasteiger partial charge in [-0.25, -0.2) is 0 Å². The molecule has 0 aliphatic carbocycles. The van der Waals surface area contributed by atoms with E-state index >= 15 is 0 Å². The third-order valence-electron chi connectivity index (χ3n) is 6.10. The molecule has 0 spiro atoms. The Morgan fingerprint density at radius 1 is 0.560 bits per heavy atom. The molecule has 0 nitrogen and oxygen atoms in total. The van der Waals surface area contributed by atoms with E-state index in [1.165, 1.54) is 89.9 Å². The Balaban J connectivity index is 4.59. The highest BCUT2D eigenvalue weighted by atomic mass is 31.1. The lowest BCUT2D eigenvalue weighted by molar-refractivity contribution is 0.493. The molecule has 0 heterocycles. The van der Waals surface area contributed by atoms with Crippen LogP contribution in [0.25, 0.3) is 0 Å². The molecule has 0 rings (SSSR count). The minimum absolute atomic E-state index is 0.213. The lowest BCUT2D eigenvalue weighted by Crippen LogP contribution is -2.17. The first-order valence-corrected chi connectivity index (χ1v) is 13.5. The number of hydrogen-bond acceptors (Lipinski definition) is 0. The standard InChI is InChI=1S/C24H51P/c1-7-11-14-16-18-22(5)25(21-24(10-4)20-13-9-3)23(6)19-17-15-12-8-2/h22-24H,7-21H2,1-6H3. The van der Waals surface area contributed by atoms with E-state index in [0.717, 1.165) is 17.2 Å². The third kappa shape index (κ3) is 13.3. The summed E-state index contributed by atoms with van der Waals surface area (Å²) in [5.41, 5.74) is 1.98. The van der Waals surface area contributed by atoms with E-state index in [4.69, 9.17) is 0 Å². The second-order valence-corrected chi connectivity index (χ2v) is 11.7. The smallest absolute Gasteiger partial charge is 0.0235 e. The van der Waals surface area contributed by atoms with Gasteiger partial charge in [0.05, 0.1) is 0 Å². The van der Waals surface area contributed by atoms with Crippen LogP contribution in [-0.4, -0.2) is 17.5 Å². The molecule has 0 aromatic rings. The van der Waals surface area contributed by atoms with Crippen LogP contribution in [0.4, 0.5) is 0 Å².